The fourth-order valence-corrected chi connectivity index (χ4v) is 1.90. The van der Waals surface area contributed by atoms with Crippen molar-refractivity contribution in [3.8, 4) is 11.3 Å². The van der Waals surface area contributed by atoms with Crippen LogP contribution in [0.25, 0.3) is 11.3 Å². The van der Waals surface area contributed by atoms with Crippen molar-refractivity contribution in [2.45, 2.75) is 0 Å². The summed E-state index contributed by atoms with van der Waals surface area (Å²) in [4.78, 5) is 27.7. The number of nitrogens with one attached hydrogen (secondary N) is 2. The second-order valence-electron chi connectivity index (χ2n) is 3.33. The highest BCUT2D eigenvalue weighted by atomic mass is 79.9. The lowest BCUT2D eigenvalue weighted by atomic mass is 10.1. The summed E-state index contributed by atoms with van der Waals surface area (Å²) in [5.74, 6) is -0.585. The summed E-state index contributed by atoms with van der Waals surface area (Å²) < 4.78 is 5.46. The zero-order valence-corrected chi connectivity index (χ0v) is 10.5. The lowest BCUT2D eigenvalue weighted by Crippen LogP contribution is -2.06. The summed E-state index contributed by atoms with van der Waals surface area (Å²) in [5.41, 5.74) is 0.817. The zero-order valence-electron chi connectivity index (χ0n) is 8.91. The Morgan fingerprint density at radius 3 is 2.76 bits per heavy atom. The highest BCUT2D eigenvalue weighted by Crippen LogP contribution is 2.23. The summed E-state index contributed by atoms with van der Waals surface area (Å²) in [5, 5.41) is 0. The molecule has 0 saturated heterocycles. The number of rotatable bonds is 2. The molecule has 1 aromatic heterocycles. The minimum absolute atomic E-state index is 0.121. The first kappa shape index (κ1) is 11.7. The number of halogens is 1. The molecule has 0 aliphatic carbocycles. The Bertz CT molecular complexity index is 615. The van der Waals surface area contributed by atoms with Crippen molar-refractivity contribution in [3.05, 3.63) is 44.9 Å². The third-order valence-corrected chi connectivity index (χ3v) is 2.72. The molecule has 0 fully saturated rings. The van der Waals surface area contributed by atoms with Gasteiger partial charge in [0.15, 0.2) is 5.69 Å². The predicted molar refractivity (Wildman–Crippen MR) is 65.9 cm³/mol. The van der Waals surface area contributed by atoms with E-state index in [1.165, 1.54) is 7.11 Å². The largest absolute Gasteiger partial charge is 0.464 e. The van der Waals surface area contributed by atoms with Gasteiger partial charge in [-0.1, -0.05) is 28.1 Å². The maximum Gasteiger partial charge on any atom is 0.356 e. The molecular formula is C11H9BrN2O3. The monoisotopic (exact) mass is 296 g/mol. The molecule has 17 heavy (non-hydrogen) atoms. The molecule has 0 unspecified atom stereocenters. The van der Waals surface area contributed by atoms with Crippen LogP contribution in [0.4, 0.5) is 0 Å². The molecule has 2 rings (SSSR count). The Morgan fingerprint density at radius 1 is 1.35 bits per heavy atom. The summed E-state index contributed by atoms with van der Waals surface area (Å²) >= 11 is 3.33. The Kier molecular flexibility index (Phi) is 3.14. The zero-order chi connectivity index (χ0) is 12.4. The first-order valence-electron chi connectivity index (χ1n) is 4.78. The van der Waals surface area contributed by atoms with Crippen LogP contribution in [0.15, 0.2) is 33.5 Å². The molecule has 5 nitrogen and oxygen atoms in total. The number of methoxy groups -OCH3 is 1. The molecule has 0 aliphatic heterocycles. The van der Waals surface area contributed by atoms with Gasteiger partial charge in [0.05, 0.1) is 12.8 Å². The van der Waals surface area contributed by atoms with Gasteiger partial charge in [0.1, 0.15) is 0 Å². The number of aromatic amines is 2. The maximum atomic E-state index is 11.5. The number of imidazole rings is 1. The van der Waals surface area contributed by atoms with Crippen molar-refractivity contribution < 1.29 is 9.53 Å². The molecule has 0 spiro atoms. The van der Waals surface area contributed by atoms with Crippen LogP contribution in [-0.2, 0) is 4.74 Å². The molecule has 0 amide bonds. The average Bonchev–Trinajstić information content (AvgIpc) is 2.70. The Morgan fingerprint density at radius 2 is 2.12 bits per heavy atom. The normalized spacial score (nSPS) is 10.2. The average molecular weight is 297 g/mol. The van der Waals surface area contributed by atoms with Gasteiger partial charge < -0.3 is 9.72 Å². The lowest BCUT2D eigenvalue weighted by Gasteiger charge is -2.02. The third kappa shape index (κ3) is 2.31. The quantitative estimate of drug-likeness (QED) is 0.832. The van der Waals surface area contributed by atoms with Gasteiger partial charge >= 0.3 is 11.7 Å². The van der Waals surface area contributed by atoms with Crippen LogP contribution in [0.5, 0.6) is 0 Å². The van der Waals surface area contributed by atoms with Crippen molar-refractivity contribution in [2.24, 2.45) is 0 Å². The van der Waals surface area contributed by atoms with Crippen LogP contribution in [0.1, 0.15) is 10.5 Å². The van der Waals surface area contributed by atoms with Crippen molar-refractivity contribution in [3.63, 3.8) is 0 Å². The van der Waals surface area contributed by atoms with Crippen LogP contribution in [0.2, 0.25) is 0 Å². The SMILES string of the molecule is COC(=O)c1[nH]c(=O)[nH]c1-c1cccc(Br)c1. The van der Waals surface area contributed by atoms with Crippen LogP contribution >= 0.6 is 15.9 Å². The summed E-state index contributed by atoms with van der Waals surface area (Å²) in [6.45, 7) is 0. The van der Waals surface area contributed by atoms with Gasteiger partial charge in [-0.25, -0.2) is 9.59 Å². The first-order valence-corrected chi connectivity index (χ1v) is 5.57. The number of carbonyl (C=O) groups excluding carboxylic acids is 1. The minimum atomic E-state index is -0.585. The summed E-state index contributed by atoms with van der Waals surface area (Å²) in [6, 6.07) is 7.25. The molecule has 0 atom stereocenters. The number of benzene rings is 1. The Labute approximate surface area is 105 Å². The van der Waals surface area contributed by atoms with E-state index in [1.54, 1.807) is 12.1 Å². The molecule has 2 N–H and O–H groups in total. The van der Waals surface area contributed by atoms with Gasteiger partial charge in [-0.15, -0.1) is 0 Å². The number of ether oxygens (including phenoxy) is 1. The highest BCUT2D eigenvalue weighted by molar-refractivity contribution is 9.10. The second-order valence-corrected chi connectivity index (χ2v) is 4.25. The highest BCUT2D eigenvalue weighted by Gasteiger charge is 2.17. The van der Waals surface area contributed by atoms with Crippen molar-refractivity contribution in [1.82, 2.24) is 9.97 Å². The number of carbonyl (C=O) groups is 1. The smallest absolute Gasteiger partial charge is 0.356 e. The molecule has 1 aromatic carbocycles. The van der Waals surface area contributed by atoms with Crippen molar-refractivity contribution in [1.29, 1.82) is 0 Å². The van der Waals surface area contributed by atoms with E-state index in [1.807, 2.05) is 12.1 Å². The molecule has 0 radical (unpaired) electrons. The van der Waals surface area contributed by atoms with Gasteiger partial charge in [-0.05, 0) is 12.1 Å². The van der Waals surface area contributed by atoms with E-state index < -0.39 is 11.7 Å². The molecule has 0 aliphatic rings. The third-order valence-electron chi connectivity index (χ3n) is 2.23. The van der Waals surface area contributed by atoms with Crippen molar-refractivity contribution >= 4 is 21.9 Å². The summed E-state index contributed by atoms with van der Waals surface area (Å²) in [6.07, 6.45) is 0. The number of H-pyrrole nitrogens is 2. The molecule has 0 bridgehead atoms. The van der Waals surface area contributed by atoms with Crippen LogP contribution in [0.3, 0.4) is 0 Å². The molecule has 2 aromatic rings. The van der Waals surface area contributed by atoms with E-state index in [0.29, 0.717) is 5.69 Å². The van der Waals surface area contributed by atoms with Crippen molar-refractivity contribution in [2.75, 3.05) is 7.11 Å². The van der Waals surface area contributed by atoms with Gasteiger partial charge in [0, 0.05) is 10.0 Å². The molecule has 1 heterocycles. The fourth-order valence-electron chi connectivity index (χ4n) is 1.50. The van der Waals surface area contributed by atoms with Gasteiger partial charge in [-0.2, -0.15) is 0 Å². The standard InChI is InChI=1S/C11H9BrN2O3/c1-17-10(15)9-8(13-11(16)14-9)6-3-2-4-7(12)5-6/h2-5H,1H3,(H2,13,14,16). The number of hydrogen-bond donors (Lipinski definition) is 2. The molecular weight excluding hydrogens is 288 g/mol. The number of esters is 1. The number of hydrogen-bond acceptors (Lipinski definition) is 3. The molecule has 6 heteroatoms. The fraction of sp³-hybridized carbons (Fsp3) is 0.0909. The Hall–Kier alpha value is -1.82. The van der Waals surface area contributed by atoms with E-state index in [-0.39, 0.29) is 5.69 Å². The van der Waals surface area contributed by atoms with Gasteiger partial charge in [0.25, 0.3) is 0 Å². The lowest BCUT2D eigenvalue weighted by molar-refractivity contribution is 0.0595. The minimum Gasteiger partial charge on any atom is -0.464 e. The second kappa shape index (κ2) is 4.58. The van der Waals surface area contributed by atoms with Crippen LogP contribution in [0, 0.1) is 0 Å². The molecule has 88 valence electrons. The van der Waals surface area contributed by atoms with E-state index in [4.69, 9.17) is 0 Å². The van der Waals surface area contributed by atoms with Crippen LogP contribution < -0.4 is 5.69 Å². The number of aromatic nitrogens is 2. The van der Waals surface area contributed by atoms with Gasteiger partial charge in [-0.3, -0.25) is 4.98 Å². The van der Waals surface area contributed by atoms with Crippen LogP contribution in [-0.4, -0.2) is 23.0 Å². The van der Waals surface area contributed by atoms with E-state index in [9.17, 15) is 9.59 Å². The van der Waals surface area contributed by atoms with E-state index >= 15 is 0 Å². The van der Waals surface area contributed by atoms with E-state index in [0.717, 1.165) is 10.0 Å². The van der Waals surface area contributed by atoms with Gasteiger partial charge in [0.2, 0.25) is 0 Å². The van der Waals surface area contributed by atoms with E-state index in [2.05, 4.69) is 30.6 Å². The molecule has 0 saturated carbocycles. The topological polar surface area (TPSA) is 75.0 Å². The first-order chi connectivity index (χ1) is 8.11. The maximum absolute atomic E-state index is 11.5. The summed E-state index contributed by atoms with van der Waals surface area (Å²) in [7, 11) is 1.26. The Balaban J connectivity index is 2.59. The predicted octanol–water partition coefficient (Wildman–Crippen LogP) is 1.92.